The summed E-state index contributed by atoms with van der Waals surface area (Å²) in [5.74, 6) is 0. The number of halogens is 1. The molecule has 84 valence electrons. The molecule has 0 radical (unpaired) electrons. The van der Waals surface area contributed by atoms with Gasteiger partial charge in [0.15, 0.2) is 0 Å². The van der Waals surface area contributed by atoms with Crippen molar-refractivity contribution in [3.8, 4) is 5.69 Å². The molecule has 0 aliphatic heterocycles. The molecule has 0 aromatic carbocycles. The molecule has 0 aliphatic rings. The van der Waals surface area contributed by atoms with Gasteiger partial charge in [-0.1, -0.05) is 18.5 Å². The fraction of sp³-hybridized carbons (Fsp3) is 0.273. The highest BCUT2D eigenvalue weighted by molar-refractivity contribution is 6.30. The van der Waals surface area contributed by atoms with Crippen molar-refractivity contribution in [3.05, 3.63) is 41.4 Å². The smallest absolute Gasteiger partial charge is 0.0790 e. The highest BCUT2D eigenvalue weighted by Gasteiger charge is 2.01. The molecule has 1 N–H and O–H groups in total. The third-order valence-corrected chi connectivity index (χ3v) is 2.37. The quantitative estimate of drug-likeness (QED) is 0.884. The van der Waals surface area contributed by atoms with Crippen molar-refractivity contribution in [1.29, 1.82) is 0 Å². The van der Waals surface area contributed by atoms with E-state index in [0.717, 1.165) is 24.5 Å². The standard InChI is InChI=1S/C11H13ClN4/c1-2-13-7-10-5-11(3-4-14-10)16-8-9(12)6-15-16/h3-6,8,13H,2,7H2,1H3. The van der Waals surface area contributed by atoms with Crippen LogP contribution in [0.25, 0.3) is 5.69 Å². The van der Waals surface area contributed by atoms with Crippen LogP contribution in [0.2, 0.25) is 5.02 Å². The lowest BCUT2D eigenvalue weighted by molar-refractivity contribution is 0.708. The molecule has 0 saturated carbocycles. The van der Waals surface area contributed by atoms with Crippen LogP contribution < -0.4 is 5.32 Å². The lowest BCUT2D eigenvalue weighted by Gasteiger charge is -2.04. The van der Waals surface area contributed by atoms with Gasteiger partial charge in [0.1, 0.15) is 0 Å². The van der Waals surface area contributed by atoms with Gasteiger partial charge in [0.05, 0.1) is 22.6 Å². The Hall–Kier alpha value is -1.39. The van der Waals surface area contributed by atoms with Crippen molar-refractivity contribution in [2.45, 2.75) is 13.5 Å². The third-order valence-electron chi connectivity index (χ3n) is 2.17. The van der Waals surface area contributed by atoms with Crippen LogP contribution >= 0.6 is 11.6 Å². The van der Waals surface area contributed by atoms with E-state index in [9.17, 15) is 0 Å². The van der Waals surface area contributed by atoms with Gasteiger partial charge in [0.25, 0.3) is 0 Å². The number of rotatable bonds is 4. The number of hydrogen-bond acceptors (Lipinski definition) is 3. The summed E-state index contributed by atoms with van der Waals surface area (Å²) in [4.78, 5) is 4.27. The molecule has 0 fully saturated rings. The van der Waals surface area contributed by atoms with E-state index in [1.165, 1.54) is 0 Å². The Morgan fingerprint density at radius 2 is 2.38 bits per heavy atom. The van der Waals surface area contributed by atoms with Gasteiger partial charge >= 0.3 is 0 Å². The van der Waals surface area contributed by atoms with E-state index >= 15 is 0 Å². The van der Waals surface area contributed by atoms with Gasteiger partial charge in [0, 0.05) is 18.9 Å². The van der Waals surface area contributed by atoms with Crippen molar-refractivity contribution in [3.63, 3.8) is 0 Å². The third kappa shape index (κ3) is 2.59. The average molecular weight is 237 g/mol. The SMILES string of the molecule is CCNCc1cc(-n2cc(Cl)cn2)ccn1. The lowest BCUT2D eigenvalue weighted by Crippen LogP contribution is -2.13. The predicted octanol–water partition coefficient (Wildman–Crippen LogP) is 2.03. The first-order valence-corrected chi connectivity index (χ1v) is 5.53. The van der Waals surface area contributed by atoms with Gasteiger partial charge in [-0.3, -0.25) is 4.98 Å². The van der Waals surface area contributed by atoms with Gasteiger partial charge in [-0.25, -0.2) is 4.68 Å². The molecule has 16 heavy (non-hydrogen) atoms. The van der Waals surface area contributed by atoms with E-state index in [4.69, 9.17) is 11.6 Å². The summed E-state index contributed by atoms with van der Waals surface area (Å²) in [6.45, 7) is 3.76. The maximum Gasteiger partial charge on any atom is 0.0790 e. The molecule has 2 aromatic heterocycles. The number of nitrogens with one attached hydrogen (secondary N) is 1. The summed E-state index contributed by atoms with van der Waals surface area (Å²) < 4.78 is 1.74. The second-order valence-electron chi connectivity index (χ2n) is 3.39. The largest absolute Gasteiger partial charge is 0.311 e. The molecule has 2 rings (SSSR count). The first kappa shape index (κ1) is 11.1. The number of nitrogens with zero attached hydrogens (tertiary/aromatic N) is 3. The second kappa shape index (κ2) is 5.09. The molecule has 0 unspecified atom stereocenters. The monoisotopic (exact) mass is 236 g/mol. The zero-order chi connectivity index (χ0) is 11.4. The topological polar surface area (TPSA) is 42.7 Å². The second-order valence-corrected chi connectivity index (χ2v) is 3.83. The minimum atomic E-state index is 0.630. The van der Waals surface area contributed by atoms with E-state index in [1.807, 2.05) is 12.1 Å². The Labute approximate surface area is 99.3 Å². The Morgan fingerprint density at radius 1 is 1.50 bits per heavy atom. The highest BCUT2D eigenvalue weighted by Crippen LogP contribution is 2.11. The van der Waals surface area contributed by atoms with Crippen LogP contribution in [0.15, 0.2) is 30.7 Å². The molecule has 4 nitrogen and oxygen atoms in total. The fourth-order valence-electron chi connectivity index (χ4n) is 1.40. The molecular weight excluding hydrogens is 224 g/mol. The van der Waals surface area contributed by atoms with Crippen LogP contribution in [0.5, 0.6) is 0 Å². The van der Waals surface area contributed by atoms with E-state index in [1.54, 1.807) is 23.3 Å². The Balaban J connectivity index is 2.22. The molecule has 2 heterocycles. The van der Waals surface area contributed by atoms with Gasteiger partial charge in [-0.15, -0.1) is 0 Å². The van der Waals surface area contributed by atoms with Crippen molar-refractivity contribution in [2.75, 3.05) is 6.54 Å². The molecule has 5 heteroatoms. The summed E-state index contributed by atoms with van der Waals surface area (Å²) in [7, 11) is 0. The van der Waals surface area contributed by atoms with Gasteiger partial charge in [-0.2, -0.15) is 5.10 Å². The predicted molar refractivity (Wildman–Crippen MR) is 63.7 cm³/mol. The van der Waals surface area contributed by atoms with E-state index in [-0.39, 0.29) is 0 Å². The molecule has 2 aromatic rings. The van der Waals surface area contributed by atoms with Crippen molar-refractivity contribution in [1.82, 2.24) is 20.1 Å². The van der Waals surface area contributed by atoms with E-state index in [0.29, 0.717) is 5.02 Å². The van der Waals surface area contributed by atoms with Crippen LogP contribution in [0.3, 0.4) is 0 Å². The molecule has 0 amide bonds. The summed E-state index contributed by atoms with van der Waals surface area (Å²) in [5, 5.41) is 8.00. The summed E-state index contributed by atoms with van der Waals surface area (Å²) in [6.07, 6.45) is 5.16. The molecule has 0 atom stereocenters. The molecule has 0 spiro atoms. The van der Waals surface area contributed by atoms with Crippen LogP contribution in [-0.4, -0.2) is 21.3 Å². The fourth-order valence-corrected chi connectivity index (χ4v) is 1.54. The van der Waals surface area contributed by atoms with Crippen LogP contribution in [-0.2, 0) is 6.54 Å². The Kier molecular flexibility index (Phi) is 3.54. The summed E-state index contributed by atoms with van der Waals surface area (Å²) in [5.41, 5.74) is 1.96. The Morgan fingerprint density at radius 3 is 3.06 bits per heavy atom. The summed E-state index contributed by atoms with van der Waals surface area (Å²) >= 11 is 5.82. The number of pyridine rings is 1. The zero-order valence-corrected chi connectivity index (χ0v) is 9.78. The van der Waals surface area contributed by atoms with E-state index < -0.39 is 0 Å². The Bertz CT molecular complexity index is 467. The van der Waals surface area contributed by atoms with Crippen molar-refractivity contribution in [2.24, 2.45) is 0 Å². The van der Waals surface area contributed by atoms with Crippen LogP contribution in [0.4, 0.5) is 0 Å². The molecular formula is C11H13ClN4. The molecule has 0 aliphatic carbocycles. The minimum Gasteiger partial charge on any atom is -0.311 e. The van der Waals surface area contributed by atoms with Gasteiger partial charge < -0.3 is 5.32 Å². The average Bonchev–Trinajstić information content (AvgIpc) is 2.74. The maximum atomic E-state index is 5.82. The minimum absolute atomic E-state index is 0.630. The van der Waals surface area contributed by atoms with Crippen molar-refractivity contribution >= 4 is 11.6 Å². The molecule has 0 saturated heterocycles. The number of hydrogen-bond donors (Lipinski definition) is 1. The maximum absolute atomic E-state index is 5.82. The molecule has 0 bridgehead atoms. The van der Waals surface area contributed by atoms with E-state index in [2.05, 4.69) is 22.3 Å². The lowest BCUT2D eigenvalue weighted by atomic mass is 10.3. The normalized spacial score (nSPS) is 10.6. The van der Waals surface area contributed by atoms with Gasteiger partial charge in [0.2, 0.25) is 0 Å². The highest BCUT2D eigenvalue weighted by atomic mass is 35.5. The van der Waals surface area contributed by atoms with Crippen LogP contribution in [0.1, 0.15) is 12.6 Å². The zero-order valence-electron chi connectivity index (χ0n) is 9.02. The first-order chi connectivity index (χ1) is 7.79. The summed E-state index contributed by atoms with van der Waals surface area (Å²) in [6, 6.07) is 3.89. The number of aromatic nitrogens is 3. The first-order valence-electron chi connectivity index (χ1n) is 5.16. The van der Waals surface area contributed by atoms with Crippen molar-refractivity contribution < 1.29 is 0 Å². The van der Waals surface area contributed by atoms with Crippen LogP contribution in [0, 0.1) is 0 Å². The van der Waals surface area contributed by atoms with Gasteiger partial charge in [-0.05, 0) is 18.7 Å².